The monoisotopic (exact) mass is 502 g/mol. The quantitative estimate of drug-likeness (QED) is 0.0935. The summed E-state index contributed by atoms with van der Waals surface area (Å²) in [7, 11) is 0. The third kappa shape index (κ3) is 13.3. The first-order chi connectivity index (χ1) is 16.3. The van der Waals surface area contributed by atoms with Crippen molar-refractivity contribution in [1.29, 1.82) is 0 Å². The summed E-state index contributed by atoms with van der Waals surface area (Å²) >= 11 is 0. The van der Waals surface area contributed by atoms with Gasteiger partial charge in [0.05, 0.1) is 6.04 Å². The van der Waals surface area contributed by atoms with Gasteiger partial charge in [0.1, 0.15) is 18.1 Å². The van der Waals surface area contributed by atoms with Crippen molar-refractivity contribution in [2.24, 2.45) is 23.1 Å². The molecule has 14 nitrogen and oxygen atoms in total. The van der Waals surface area contributed by atoms with E-state index in [-0.39, 0.29) is 32.1 Å². The molecule has 4 amide bonds. The number of unbranched alkanes of at least 4 members (excludes halogenated alkanes) is 1. The second-order valence-electron chi connectivity index (χ2n) is 8.52. The molecular weight excluding hydrogens is 464 g/mol. The maximum Gasteiger partial charge on any atom is 0.326 e. The molecule has 0 heterocycles. The van der Waals surface area contributed by atoms with Gasteiger partial charge in [0.15, 0.2) is 0 Å². The van der Waals surface area contributed by atoms with Crippen molar-refractivity contribution in [3.63, 3.8) is 0 Å². The second kappa shape index (κ2) is 16.4. The lowest BCUT2D eigenvalue weighted by Gasteiger charge is -2.27. The van der Waals surface area contributed by atoms with Gasteiger partial charge in [-0.05, 0) is 44.6 Å². The van der Waals surface area contributed by atoms with E-state index < -0.39 is 65.7 Å². The first-order valence-corrected chi connectivity index (χ1v) is 11.4. The summed E-state index contributed by atoms with van der Waals surface area (Å²) in [5.41, 5.74) is 16.3. The van der Waals surface area contributed by atoms with Crippen LogP contribution in [0.15, 0.2) is 0 Å². The van der Waals surface area contributed by atoms with Gasteiger partial charge in [-0.15, -0.1) is 0 Å². The number of aliphatic carboxylic acids is 2. The fourth-order valence-electron chi connectivity index (χ4n) is 3.04. The minimum atomic E-state index is -1.39. The summed E-state index contributed by atoms with van der Waals surface area (Å²) in [5.74, 6) is -5.86. The van der Waals surface area contributed by atoms with Crippen LogP contribution < -0.4 is 33.2 Å². The van der Waals surface area contributed by atoms with Crippen molar-refractivity contribution >= 4 is 35.6 Å². The number of nitrogens with two attached hydrogens (primary N) is 3. The Bertz CT molecular complexity index is 760. The summed E-state index contributed by atoms with van der Waals surface area (Å²) in [4.78, 5) is 71.2. The van der Waals surface area contributed by atoms with Crippen molar-refractivity contribution in [1.82, 2.24) is 16.0 Å². The van der Waals surface area contributed by atoms with Crippen LogP contribution in [0.2, 0.25) is 0 Å². The smallest absolute Gasteiger partial charge is 0.326 e. The van der Waals surface area contributed by atoms with Crippen LogP contribution in [0.5, 0.6) is 0 Å². The molecule has 0 aromatic rings. The Kier molecular flexibility index (Phi) is 14.9. The molecule has 0 fully saturated rings. The Hall–Kier alpha value is -3.26. The molecular formula is C21H38N6O8. The second-order valence-corrected chi connectivity index (χ2v) is 8.52. The van der Waals surface area contributed by atoms with E-state index >= 15 is 0 Å². The lowest BCUT2D eigenvalue weighted by molar-refractivity contribution is -0.143. The number of carbonyl (C=O) groups excluding carboxylic acids is 4. The molecule has 0 aliphatic carbocycles. The molecule has 4 atom stereocenters. The zero-order chi connectivity index (χ0) is 27.1. The standard InChI is InChI=1S/C21H38N6O8/c1-11(2)17(20(33)26-14(21(34)35)7-8-15(24)28)27-19(32)13(5-3-4-10-22)25-18(31)12(23)6-9-16(29)30/h11-14,17H,3-10,22-23H2,1-2H3,(H2,24,28)(H,25,31)(H,26,33)(H,27,32)(H,29,30)(H,34,35). The van der Waals surface area contributed by atoms with Crippen molar-refractivity contribution in [3.05, 3.63) is 0 Å². The molecule has 14 heteroatoms. The molecule has 0 spiro atoms. The molecule has 200 valence electrons. The van der Waals surface area contributed by atoms with Crippen LogP contribution >= 0.6 is 0 Å². The average molecular weight is 503 g/mol. The Balaban J connectivity index is 5.41. The third-order valence-electron chi connectivity index (χ3n) is 5.13. The van der Waals surface area contributed by atoms with Gasteiger partial charge < -0.3 is 43.4 Å². The SMILES string of the molecule is CC(C)C(NC(=O)C(CCCCN)NC(=O)C(N)CCC(=O)O)C(=O)NC(CCC(N)=O)C(=O)O. The van der Waals surface area contributed by atoms with Gasteiger partial charge in [-0.3, -0.25) is 24.0 Å². The summed E-state index contributed by atoms with van der Waals surface area (Å²) in [6, 6.07) is -4.77. The average Bonchev–Trinajstić information content (AvgIpc) is 2.76. The predicted octanol–water partition coefficient (Wildman–Crippen LogP) is -2.23. The molecule has 0 saturated heterocycles. The fraction of sp³-hybridized carbons (Fsp3) is 0.714. The van der Waals surface area contributed by atoms with Crippen molar-refractivity contribution in [2.75, 3.05) is 6.54 Å². The van der Waals surface area contributed by atoms with Gasteiger partial charge >= 0.3 is 11.9 Å². The van der Waals surface area contributed by atoms with E-state index in [1.807, 2.05) is 0 Å². The first-order valence-electron chi connectivity index (χ1n) is 11.4. The first kappa shape index (κ1) is 31.7. The summed E-state index contributed by atoms with van der Waals surface area (Å²) in [5, 5.41) is 25.4. The minimum absolute atomic E-state index is 0.128. The highest BCUT2D eigenvalue weighted by Crippen LogP contribution is 2.08. The van der Waals surface area contributed by atoms with Gasteiger partial charge in [-0.1, -0.05) is 13.8 Å². The van der Waals surface area contributed by atoms with Crippen LogP contribution in [0.4, 0.5) is 0 Å². The molecule has 4 unspecified atom stereocenters. The van der Waals surface area contributed by atoms with Crippen molar-refractivity contribution in [3.8, 4) is 0 Å². The van der Waals surface area contributed by atoms with Crippen LogP contribution in [0.1, 0.15) is 58.8 Å². The molecule has 0 aliphatic rings. The summed E-state index contributed by atoms with van der Waals surface area (Å²) in [6.45, 7) is 3.63. The Morgan fingerprint density at radius 2 is 1.37 bits per heavy atom. The number of primary amides is 1. The van der Waals surface area contributed by atoms with E-state index in [1.165, 1.54) is 0 Å². The number of carboxylic acids is 2. The molecule has 0 saturated carbocycles. The predicted molar refractivity (Wildman–Crippen MR) is 124 cm³/mol. The third-order valence-corrected chi connectivity index (χ3v) is 5.13. The van der Waals surface area contributed by atoms with E-state index in [4.69, 9.17) is 22.3 Å². The normalized spacial score (nSPS) is 14.3. The van der Waals surface area contributed by atoms with E-state index in [0.717, 1.165) is 0 Å². The van der Waals surface area contributed by atoms with Gasteiger partial charge in [0.25, 0.3) is 0 Å². The van der Waals surface area contributed by atoms with Crippen LogP contribution in [-0.4, -0.2) is 76.5 Å². The van der Waals surface area contributed by atoms with Gasteiger partial charge in [0.2, 0.25) is 23.6 Å². The molecule has 0 aliphatic heterocycles. The Morgan fingerprint density at radius 1 is 0.771 bits per heavy atom. The number of rotatable bonds is 18. The maximum absolute atomic E-state index is 13.0. The van der Waals surface area contributed by atoms with Crippen LogP contribution in [0, 0.1) is 5.92 Å². The lowest BCUT2D eigenvalue weighted by Crippen LogP contribution is -2.58. The zero-order valence-corrected chi connectivity index (χ0v) is 20.1. The topological polar surface area (TPSA) is 257 Å². The number of carbonyl (C=O) groups is 6. The van der Waals surface area contributed by atoms with E-state index in [0.29, 0.717) is 19.4 Å². The Labute approximate surface area is 203 Å². The molecule has 0 aromatic heterocycles. The van der Waals surface area contributed by atoms with E-state index in [2.05, 4.69) is 16.0 Å². The Morgan fingerprint density at radius 3 is 1.86 bits per heavy atom. The van der Waals surface area contributed by atoms with Crippen LogP contribution in [0.3, 0.4) is 0 Å². The lowest BCUT2D eigenvalue weighted by atomic mass is 10.0. The van der Waals surface area contributed by atoms with E-state index in [9.17, 15) is 33.9 Å². The van der Waals surface area contributed by atoms with Crippen LogP contribution in [0.25, 0.3) is 0 Å². The van der Waals surface area contributed by atoms with Crippen LogP contribution in [-0.2, 0) is 28.8 Å². The highest BCUT2D eigenvalue weighted by molar-refractivity contribution is 5.94. The highest BCUT2D eigenvalue weighted by atomic mass is 16.4. The summed E-state index contributed by atoms with van der Waals surface area (Å²) in [6.07, 6.45) is 0.300. The minimum Gasteiger partial charge on any atom is -0.481 e. The number of carboxylic acid groups (broad SMARTS) is 2. The van der Waals surface area contributed by atoms with Gasteiger partial charge in [0, 0.05) is 12.8 Å². The number of nitrogens with one attached hydrogen (secondary N) is 3. The number of hydrogen-bond donors (Lipinski definition) is 8. The van der Waals surface area contributed by atoms with Crippen molar-refractivity contribution in [2.45, 2.75) is 83.0 Å². The molecule has 0 rings (SSSR count). The molecule has 0 radical (unpaired) electrons. The molecule has 35 heavy (non-hydrogen) atoms. The van der Waals surface area contributed by atoms with Crippen molar-refractivity contribution < 1.29 is 39.0 Å². The molecule has 0 bridgehead atoms. The molecule has 11 N–H and O–H groups in total. The maximum atomic E-state index is 13.0. The number of amides is 4. The largest absolute Gasteiger partial charge is 0.481 e. The van der Waals surface area contributed by atoms with E-state index in [1.54, 1.807) is 13.8 Å². The van der Waals surface area contributed by atoms with Gasteiger partial charge in [-0.25, -0.2) is 4.79 Å². The highest BCUT2D eigenvalue weighted by Gasteiger charge is 2.31. The zero-order valence-electron chi connectivity index (χ0n) is 20.1. The van der Waals surface area contributed by atoms with Gasteiger partial charge in [-0.2, -0.15) is 0 Å². The molecule has 0 aromatic carbocycles. The fourth-order valence-corrected chi connectivity index (χ4v) is 3.04. The number of hydrogen-bond acceptors (Lipinski definition) is 8. The summed E-state index contributed by atoms with van der Waals surface area (Å²) < 4.78 is 0.